The number of nitrogens with zero attached hydrogens (tertiary/aromatic N) is 2. The maximum atomic E-state index is 14.7. The molecule has 3 N–H and O–H groups in total. The molecule has 1 unspecified atom stereocenters. The molecule has 0 fully saturated rings. The van der Waals surface area contributed by atoms with Crippen molar-refractivity contribution in [1.82, 2.24) is 14.5 Å². The first kappa shape index (κ1) is 22.2. The van der Waals surface area contributed by atoms with E-state index in [2.05, 4.69) is 21.8 Å². The molecule has 0 saturated heterocycles. The highest BCUT2D eigenvalue weighted by atomic mass is 35.5. The van der Waals surface area contributed by atoms with Crippen molar-refractivity contribution in [1.29, 1.82) is 0 Å². The van der Waals surface area contributed by atoms with Crippen LogP contribution >= 0.6 is 11.6 Å². The number of hydrogen-bond acceptors (Lipinski definition) is 3. The summed E-state index contributed by atoms with van der Waals surface area (Å²) in [6.07, 6.45) is 4.34. The number of amides is 1. The molecule has 0 radical (unpaired) electrons. The summed E-state index contributed by atoms with van der Waals surface area (Å²) in [7, 11) is 1.52. The smallest absolute Gasteiger partial charge is 0.254 e. The molecule has 0 aliphatic rings. The molecule has 1 aromatic carbocycles. The maximum Gasteiger partial charge on any atom is 0.254 e. The number of H-pyrrole nitrogens is 1. The summed E-state index contributed by atoms with van der Waals surface area (Å²) in [4.78, 5) is 31.8. The number of fused-ring (bicyclic) bond motifs is 1. The van der Waals surface area contributed by atoms with Gasteiger partial charge in [-0.3, -0.25) is 9.59 Å². The third-order valence-corrected chi connectivity index (χ3v) is 5.46. The number of carbonyl (C=O) groups is 1. The van der Waals surface area contributed by atoms with E-state index in [1.807, 2.05) is 0 Å². The molecule has 1 amide bonds. The first-order valence-electron chi connectivity index (χ1n) is 9.82. The highest BCUT2D eigenvalue weighted by molar-refractivity contribution is 6.30. The number of primary amides is 1. The van der Waals surface area contributed by atoms with Gasteiger partial charge in [0.05, 0.1) is 10.6 Å². The van der Waals surface area contributed by atoms with Crippen LogP contribution in [0.4, 0.5) is 8.78 Å². The predicted molar refractivity (Wildman–Crippen MR) is 121 cm³/mol. The number of carbonyl (C=O) groups excluding carboxylic acids is 1. The van der Waals surface area contributed by atoms with E-state index < -0.39 is 29.0 Å². The van der Waals surface area contributed by atoms with E-state index in [-0.39, 0.29) is 28.1 Å². The molecule has 3 aromatic heterocycles. The van der Waals surface area contributed by atoms with Crippen molar-refractivity contribution in [2.75, 3.05) is 0 Å². The van der Waals surface area contributed by atoms with Crippen molar-refractivity contribution >= 4 is 28.5 Å². The van der Waals surface area contributed by atoms with Crippen molar-refractivity contribution in [2.45, 2.75) is 12.3 Å². The van der Waals surface area contributed by atoms with E-state index in [4.69, 9.17) is 17.3 Å². The minimum Gasteiger partial charge on any atom is -0.366 e. The summed E-state index contributed by atoms with van der Waals surface area (Å²) in [5, 5.41) is 0.854. The second kappa shape index (κ2) is 8.88. The fourth-order valence-electron chi connectivity index (χ4n) is 3.68. The minimum absolute atomic E-state index is 0.0275. The zero-order valence-corrected chi connectivity index (χ0v) is 18.1. The van der Waals surface area contributed by atoms with E-state index >= 15 is 0 Å². The molecule has 0 bridgehead atoms. The Hall–Kier alpha value is -3.96. The highest BCUT2D eigenvalue weighted by Gasteiger charge is 2.22. The van der Waals surface area contributed by atoms with Gasteiger partial charge in [0.15, 0.2) is 0 Å². The lowest BCUT2D eigenvalue weighted by molar-refractivity contribution is 0.1000. The van der Waals surface area contributed by atoms with Crippen LogP contribution < -0.4 is 11.3 Å². The van der Waals surface area contributed by atoms with Gasteiger partial charge in [0.25, 0.3) is 11.5 Å². The lowest BCUT2D eigenvalue weighted by Gasteiger charge is -2.17. The maximum absolute atomic E-state index is 14.7. The molecule has 4 rings (SSSR count). The number of nitrogens with two attached hydrogens (primary N) is 1. The van der Waals surface area contributed by atoms with Crippen LogP contribution in [0, 0.1) is 23.5 Å². The molecule has 6 nitrogen and oxygen atoms in total. The van der Waals surface area contributed by atoms with Crippen LogP contribution in [0.5, 0.6) is 0 Å². The lowest BCUT2D eigenvalue weighted by atomic mass is 9.88. The van der Waals surface area contributed by atoms with E-state index in [0.717, 1.165) is 18.2 Å². The van der Waals surface area contributed by atoms with Gasteiger partial charge in [-0.2, -0.15) is 0 Å². The van der Waals surface area contributed by atoms with Crippen LogP contribution in [0.1, 0.15) is 39.4 Å². The number of hydrogen-bond donors (Lipinski definition) is 2. The molecule has 0 aliphatic heterocycles. The number of pyridine rings is 2. The minimum atomic E-state index is -0.911. The number of aryl methyl sites for hydroxylation is 1. The topological polar surface area (TPSA) is 93.8 Å². The Morgan fingerprint density at radius 3 is 2.82 bits per heavy atom. The van der Waals surface area contributed by atoms with Crippen molar-refractivity contribution in [3.63, 3.8) is 0 Å². The molecule has 0 spiro atoms. The van der Waals surface area contributed by atoms with Crippen molar-refractivity contribution in [3.05, 3.63) is 98.2 Å². The molecule has 166 valence electrons. The fraction of sp³-hybridized carbons (Fsp3) is 0.125. The second-order valence-electron chi connectivity index (χ2n) is 7.41. The first-order chi connectivity index (χ1) is 15.8. The van der Waals surface area contributed by atoms with Gasteiger partial charge in [-0.25, -0.2) is 13.8 Å². The van der Waals surface area contributed by atoms with Crippen LogP contribution in [0.2, 0.25) is 5.02 Å². The van der Waals surface area contributed by atoms with Crippen molar-refractivity contribution in [3.8, 4) is 11.8 Å². The Kier molecular flexibility index (Phi) is 5.99. The Balaban J connectivity index is 1.86. The molecule has 0 saturated carbocycles. The van der Waals surface area contributed by atoms with Crippen molar-refractivity contribution < 1.29 is 13.6 Å². The van der Waals surface area contributed by atoms with E-state index in [1.54, 1.807) is 12.3 Å². The van der Waals surface area contributed by atoms with Crippen LogP contribution in [0.3, 0.4) is 0 Å². The van der Waals surface area contributed by atoms with E-state index in [9.17, 15) is 18.4 Å². The Morgan fingerprint density at radius 2 is 2.06 bits per heavy atom. The Morgan fingerprint density at radius 1 is 1.27 bits per heavy atom. The van der Waals surface area contributed by atoms with Gasteiger partial charge in [0, 0.05) is 54.5 Å². The van der Waals surface area contributed by atoms with Crippen LogP contribution in [0.15, 0.2) is 53.7 Å². The van der Waals surface area contributed by atoms with Gasteiger partial charge < -0.3 is 15.3 Å². The van der Waals surface area contributed by atoms with Gasteiger partial charge in [0.1, 0.15) is 17.3 Å². The number of rotatable bonds is 4. The third-order valence-electron chi connectivity index (χ3n) is 5.26. The Labute approximate surface area is 192 Å². The zero-order valence-electron chi connectivity index (χ0n) is 17.3. The zero-order chi connectivity index (χ0) is 23.7. The summed E-state index contributed by atoms with van der Waals surface area (Å²) in [5.41, 5.74) is 6.19. The number of halogens is 3. The van der Waals surface area contributed by atoms with Gasteiger partial charge in [0.2, 0.25) is 0 Å². The largest absolute Gasteiger partial charge is 0.366 e. The highest BCUT2D eigenvalue weighted by Crippen LogP contribution is 2.30. The van der Waals surface area contributed by atoms with Gasteiger partial charge in [-0.15, -0.1) is 0 Å². The fourth-order valence-corrected chi connectivity index (χ4v) is 3.95. The van der Waals surface area contributed by atoms with Crippen molar-refractivity contribution in [2.24, 2.45) is 12.8 Å². The molecule has 0 aliphatic carbocycles. The summed E-state index contributed by atoms with van der Waals surface area (Å²) in [5.74, 6) is 2.87. The molecule has 3 heterocycles. The monoisotopic (exact) mass is 466 g/mol. The molecular weight excluding hydrogens is 450 g/mol. The second-order valence-corrected chi connectivity index (χ2v) is 7.84. The standard InChI is InChI=1S/C24H17ClF2N4O2/c1-31-12-13(25)9-19(24(31)33)16(18-10-14(26)5-6-21(18)27)4-2-3-15-17-7-8-29-23(17)30-11-20(15)22(28)32/h5-12,16H,4H2,1H3,(H2,28,32)(H,29,30). The predicted octanol–water partition coefficient (Wildman–Crippen LogP) is 3.87. The number of benzene rings is 1. The average Bonchev–Trinajstić information content (AvgIpc) is 3.25. The first-order valence-corrected chi connectivity index (χ1v) is 10.2. The van der Waals surface area contributed by atoms with Gasteiger partial charge in [-0.1, -0.05) is 23.4 Å². The molecule has 9 heteroatoms. The molecule has 4 aromatic rings. The number of aromatic amines is 1. The van der Waals surface area contributed by atoms with Crippen LogP contribution in [-0.2, 0) is 7.05 Å². The molecule has 1 atom stereocenters. The summed E-state index contributed by atoms with van der Waals surface area (Å²) in [6, 6.07) is 6.16. The van der Waals surface area contributed by atoms with E-state index in [0.29, 0.717) is 16.6 Å². The molecule has 33 heavy (non-hydrogen) atoms. The summed E-state index contributed by atoms with van der Waals surface area (Å²) < 4.78 is 29.9. The number of nitrogens with one attached hydrogen (secondary N) is 1. The molecular formula is C24H17ClF2N4O2. The van der Waals surface area contributed by atoms with Crippen LogP contribution in [0.25, 0.3) is 11.0 Å². The lowest BCUT2D eigenvalue weighted by Crippen LogP contribution is -2.23. The van der Waals surface area contributed by atoms with E-state index in [1.165, 1.54) is 30.1 Å². The van der Waals surface area contributed by atoms with Crippen LogP contribution in [-0.4, -0.2) is 20.4 Å². The summed E-state index contributed by atoms with van der Waals surface area (Å²) in [6.45, 7) is 0. The number of aromatic nitrogens is 3. The van der Waals surface area contributed by atoms with Gasteiger partial charge in [-0.05, 0) is 35.9 Å². The quantitative estimate of drug-likeness (QED) is 0.447. The summed E-state index contributed by atoms with van der Waals surface area (Å²) >= 11 is 6.14. The average molecular weight is 467 g/mol. The normalized spacial score (nSPS) is 11.8. The third kappa shape index (κ3) is 4.36. The Bertz CT molecular complexity index is 1510. The van der Waals surface area contributed by atoms with Gasteiger partial charge >= 0.3 is 0 Å². The SMILES string of the molecule is Cn1cc(Cl)cc(C(CC#Cc2c(C(N)=O)cnc3[nH]ccc23)c2cc(F)ccc2F)c1=O.